The topological polar surface area (TPSA) is 97.0 Å². The van der Waals surface area contributed by atoms with Crippen molar-refractivity contribution < 1.29 is 23.9 Å². The van der Waals surface area contributed by atoms with E-state index in [0.29, 0.717) is 42.5 Å². The molecule has 2 fully saturated rings. The molecule has 0 aromatic heterocycles. The number of para-hydroxylation sites is 1. The Labute approximate surface area is 195 Å². The highest BCUT2D eigenvalue weighted by molar-refractivity contribution is 7.98. The van der Waals surface area contributed by atoms with Crippen molar-refractivity contribution in [3.05, 3.63) is 48.0 Å². The Kier molecular flexibility index (Phi) is 4.67. The molecule has 4 heterocycles. The van der Waals surface area contributed by atoms with E-state index in [9.17, 15) is 14.4 Å². The molecule has 0 saturated carbocycles. The Bertz CT molecular complexity index is 1190. The van der Waals surface area contributed by atoms with Crippen molar-refractivity contribution >= 4 is 40.9 Å². The number of imide groups is 1. The largest absolute Gasteiger partial charge is 0.486 e. The van der Waals surface area contributed by atoms with E-state index in [2.05, 4.69) is 10.6 Å². The van der Waals surface area contributed by atoms with E-state index in [1.807, 2.05) is 30.5 Å². The predicted octanol–water partition coefficient (Wildman–Crippen LogP) is 2.14. The second-order valence-electron chi connectivity index (χ2n) is 8.68. The van der Waals surface area contributed by atoms with Crippen LogP contribution < -0.4 is 25.0 Å². The number of hydrogen-bond donors (Lipinski definition) is 2. The molecule has 2 saturated heterocycles. The van der Waals surface area contributed by atoms with Gasteiger partial charge in [-0.3, -0.25) is 19.7 Å². The van der Waals surface area contributed by atoms with Gasteiger partial charge in [0.25, 0.3) is 0 Å². The van der Waals surface area contributed by atoms with E-state index in [1.165, 1.54) is 4.90 Å². The van der Waals surface area contributed by atoms with Crippen molar-refractivity contribution in [3.63, 3.8) is 0 Å². The van der Waals surface area contributed by atoms with Crippen LogP contribution in [0, 0.1) is 11.8 Å². The summed E-state index contributed by atoms with van der Waals surface area (Å²) in [6.45, 7) is 0.863. The fourth-order valence-electron chi connectivity index (χ4n) is 5.68. The van der Waals surface area contributed by atoms with Crippen molar-refractivity contribution in [2.45, 2.75) is 18.0 Å². The molecule has 4 aliphatic heterocycles. The number of nitrogens with one attached hydrogen (secondary N) is 2. The van der Waals surface area contributed by atoms with E-state index in [0.717, 1.165) is 11.3 Å². The van der Waals surface area contributed by atoms with Crippen molar-refractivity contribution in [2.24, 2.45) is 11.8 Å². The number of anilines is 2. The fraction of sp³-hybridized carbons (Fsp3) is 0.375. The first-order valence-corrected chi connectivity index (χ1v) is 12.4. The van der Waals surface area contributed by atoms with Crippen LogP contribution in [0.4, 0.5) is 11.4 Å². The minimum absolute atomic E-state index is 0.282. The first-order valence-electron chi connectivity index (χ1n) is 11.0. The second kappa shape index (κ2) is 7.50. The number of hydrogen-bond acceptors (Lipinski definition) is 7. The summed E-state index contributed by atoms with van der Waals surface area (Å²) in [7, 11) is 0. The van der Waals surface area contributed by atoms with Gasteiger partial charge in [-0.2, -0.15) is 11.8 Å². The van der Waals surface area contributed by atoms with Crippen LogP contribution in [0.2, 0.25) is 0 Å². The maximum atomic E-state index is 13.9. The molecule has 9 heteroatoms. The maximum Gasteiger partial charge on any atom is 0.250 e. The summed E-state index contributed by atoms with van der Waals surface area (Å²) in [6, 6.07) is 12.2. The SMILES string of the molecule is CSCCC1NC2(C(=O)Nc3ccccc32)C2C(=O)N(c3ccc4c(c3)OCCO4)C(=O)C12. The average Bonchev–Trinajstić information content (AvgIpc) is 3.42. The molecule has 0 bridgehead atoms. The van der Waals surface area contributed by atoms with Gasteiger partial charge >= 0.3 is 0 Å². The van der Waals surface area contributed by atoms with Gasteiger partial charge in [-0.1, -0.05) is 18.2 Å². The summed E-state index contributed by atoms with van der Waals surface area (Å²) < 4.78 is 11.2. The van der Waals surface area contributed by atoms with Crippen LogP contribution in [0.25, 0.3) is 0 Å². The molecule has 8 nitrogen and oxygen atoms in total. The third kappa shape index (κ3) is 2.78. The zero-order chi connectivity index (χ0) is 22.7. The number of rotatable bonds is 4. The lowest BCUT2D eigenvalue weighted by atomic mass is 9.76. The third-order valence-corrected chi connectivity index (χ3v) is 7.68. The molecule has 4 aliphatic rings. The zero-order valence-electron chi connectivity index (χ0n) is 18.0. The summed E-state index contributed by atoms with van der Waals surface area (Å²) in [6.07, 6.45) is 2.68. The fourth-order valence-corrected chi connectivity index (χ4v) is 6.17. The van der Waals surface area contributed by atoms with Crippen LogP contribution in [0.5, 0.6) is 11.5 Å². The minimum Gasteiger partial charge on any atom is -0.486 e. The van der Waals surface area contributed by atoms with Crippen LogP contribution >= 0.6 is 11.8 Å². The first kappa shape index (κ1) is 20.6. The summed E-state index contributed by atoms with van der Waals surface area (Å²) in [5.41, 5.74) is 0.577. The third-order valence-electron chi connectivity index (χ3n) is 7.04. The van der Waals surface area contributed by atoms with E-state index < -0.39 is 17.4 Å². The molecule has 0 aliphatic carbocycles. The number of carbonyl (C=O) groups is 3. The number of amides is 3. The molecule has 4 unspecified atom stereocenters. The van der Waals surface area contributed by atoms with Gasteiger partial charge in [0.2, 0.25) is 17.7 Å². The van der Waals surface area contributed by atoms with E-state index in [4.69, 9.17) is 9.47 Å². The highest BCUT2D eigenvalue weighted by Gasteiger charge is 2.70. The maximum absolute atomic E-state index is 13.9. The molecular weight excluding hydrogens is 442 g/mol. The quantitative estimate of drug-likeness (QED) is 0.668. The number of thioether (sulfide) groups is 1. The Hall–Kier alpha value is -3.04. The monoisotopic (exact) mass is 465 g/mol. The molecule has 170 valence electrons. The normalized spacial score (nSPS) is 29.4. The van der Waals surface area contributed by atoms with Gasteiger partial charge in [0.1, 0.15) is 18.8 Å². The molecule has 33 heavy (non-hydrogen) atoms. The molecule has 4 atom stereocenters. The van der Waals surface area contributed by atoms with E-state index in [1.54, 1.807) is 30.0 Å². The highest BCUT2D eigenvalue weighted by atomic mass is 32.2. The van der Waals surface area contributed by atoms with Gasteiger partial charge in [0.05, 0.1) is 17.5 Å². The Morgan fingerprint density at radius 1 is 1.06 bits per heavy atom. The predicted molar refractivity (Wildman–Crippen MR) is 124 cm³/mol. The zero-order valence-corrected chi connectivity index (χ0v) is 18.8. The van der Waals surface area contributed by atoms with Crippen molar-refractivity contribution in [3.8, 4) is 11.5 Å². The smallest absolute Gasteiger partial charge is 0.250 e. The van der Waals surface area contributed by atoms with Gasteiger partial charge < -0.3 is 14.8 Å². The van der Waals surface area contributed by atoms with Gasteiger partial charge in [-0.05, 0) is 36.6 Å². The van der Waals surface area contributed by atoms with Crippen LogP contribution in [0.1, 0.15) is 12.0 Å². The number of fused-ring (bicyclic) bond motifs is 5. The lowest BCUT2D eigenvalue weighted by molar-refractivity contribution is -0.130. The number of nitrogens with zero attached hydrogens (tertiary/aromatic N) is 1. The lowest BCUT2D eigenvalue weighted by Crippen LogP contribution is -2.53. The molecule has 2 aromatic rings. The van der Waals surface area contributed by atoms with Crippen molar-refractivity contribution in [1.82, 2.24) is 5.32 Å². The molecule has 2 aromatic carbocycles. The Balaban J connectivity index is 1.46. The minimum atomic E-state index is -1.26. The van der Waals surface area contributed by atoms with Crippen LogP contribution in [0.15, 0.2) is 42.5 Å². The Morgan fingerprint density at radius 3 is 2.67 bits per heavy atom. The standard InChI is InChI=1S/C24H23N3O5S/c1-33-11-8-16-19-20(24(26-16)14-4-2-3-5-15(14)25-23(24)30)22(29)27(21(19)28)13-6-7-17-18(12-13)32-10-9-31-17/h2-7,12,16,19-20,26H,8-11H2,1H3,(H,25,30). The average molecular weight is 466 g/mol. The molecule has 1 spiro atoms. The molecule has 0 radical (unpaired) electrons. The van der Waals surface area contributed by atoms with Gasteiger partial charge in [0.15, 0.2) is 11.5 Å². The summed E-state index contributed by atoms with van der Waals surface area (Å²) >= 11 is 1.67. The lowest BCUT2D eigenvalue weighted by Gasteiger charge is -2.29. The van der Waals surface area contributed by atoms with Gasteiger partial charge in [0, 0.05) is 23.4 Å². The highest BCUT2D eigenvalue weighted by Crippen LogP contribution is 2.54. The van der Waals surface area contributed by atoms with Crippen molar-refractivity contribution in [2.75, 3.05) is 35.4 Å². The van der Waals surface area contributed by atoms with E-state index >= 15 is 0 Å². The Morgan fingerprint density at radius 2 is 1.85 bits per heavy atom. The number of benzene rings is 2. The summed E-state index contributed by atoms with van der Waals surface area (Å²) in [4.78, 5) is 42.3. The summed E-state index contributed by atoms with van der Waals surface area (Å²) in [5.74, 6) is -0.483. The molecule has 3 amide bonds. The molecule has 2 N–H and O–H groups in total. The van der Waals surface area contributed by atoms with Crippen LogP contribution in [0.3, 0.4) is 0 Å². The van der Waals surface area contributed by atoms with Gasteiger partial charge in [-0.15, -0.1) is 0 Å². The number of ether oxygens (including phenoxy) is 2. The molecule has 6 rings (SSSR count). The van der Waals surface area contributed by atoms with E-state index in [-0.39, 0.29) is 23.8 Å². The first-order chi connectivity index (χ1) is 16.1. The van der Waals surface area contributed by atoms with Crippen LogP contribution in [-0.4, -0.2) is 49.0 Å². The van der Waals surface area contributed by atoms with Gasteiger partial charge in [-0.25, -0.2) is 4.90 Å². The van der Waals surface area contributed by atoms with Crippen LogP contribution in [-0.2, 0) is 19.9 Å². The number of carbonyl (C=O) groups excluding carboxylic acids is 3. The van der Waals surface area contributed by atoms with Crippen molar-refractivity contribution in [1.29, 1.82) is 0 Å². The second-order valence-corrected chi connectivity index (χ2v) is 9.67. The molecular formula is C24H23N3O5S. The summed E-state index contributed by atoms with van der Waals surface area (Å²) in [5, 5.41) is 6.38.